The lowest BCUT2D eigenvalue weighted by Crippen LogP contribution is -2.20. The van der Waals surface area contributed by atoms with Gasteiger partial charge in [-0.3, -0.25) is 4.55 Å². The van der Waals surface area contributed by atoms with E-state index in [0.717, 1.165) is 10.9 Å². The molecule has 0 aliphatic carbocycles. The first-order valence-electron chi connectivity index (χ1n) is 8.03. The third kappa shape index (κ3) is 5.52. The van der Waals surface area contributed by atoms with E-state index < -0.39 is 44.7 Å². The van der Waals surface area contributed by atoms with Crippen LogP contribution in [0.3, 0.4) is 0 Å². The number of rotatable bonds is 9. The Morgan fingerprint density at radius 3 is 2.25 bits per heavy atom. The van der Waals surface area contributed by atoms with Crippen LogP contribution < -0.4 is 10.5 Å². The summed E-state index contributed by atoms with van der Waals surface area (Å²) in [5, 5.41) is 9.65. The summed E-state index contributed by atoms with van der Waals surface area (Å²) in [4.78, 5) is -1.45. The lowest BCUT2D eigenvalue weighted by atomic mass is 10.3. The minimum absolute atomic E-state index is 0.142. The van der Waals surface area contributed by atoms with Crippen molar-refractivity contribution in [3.8, 4) is 0 Å². The standard InChI is InChI=1S/C15H20N2O7S4/c1-2-3-7-26(18,19)14-8-12(17-10-11-5-4-6-25-11)13(28(22,23)24)9-15(14)27(16,20)21/h4-6,8-9,17H,2-3,7,10H2,1H3,(H2,16,20,21)(H,22,23,24). The fraction of sp³-hybridized carbons (Fsp3) is 0.333. The van der Waals surface area contributed by atoms with E-state index in [9.17, 15) is 29.8 Å². The van der Waals surface area contributed by atoms with Crippen LogP contribution in [-0.4, -0.2) is 35.6 Å². The third-order valence-electron chi connectivity index (χ3n) is 3.77. The van der Waals surface area contributed by atoms with E-state index in [-0.39, 0.29) is 24.4 Å². The molecule has 1 heterocycles. The summed E-state index contributed by atoms with van der Waals surface area (Å²) in [5.74, 6) is -0.332. The molecule has 2 rings (SSSR count). The molecule has 0 radical (unpaired) electrons. The number of hydrogen-bond donors (Lipinski definition) is 3. The molecule has 2 aromatic rings. The van der Waals surface area contributed by atoms with Crippen LogP contribution in [0.2, 0.25) is 0 Å². The number of primary sulfonamides is 1. The van der Waals surface area contributed by atoms with Crippen molar-refractivity contribution in [2.45, 2.75) is 41.0 Å². The normalized spacial score (nSPS) is 12.8. The van der Waals surface area contributed by atoms with E-state index in [4.69, 9.17) is 5.14 Å². The van der Waals surface area contributed by atoms with Gasteiger partial charge in [-0.1, -0.05) is 19.4 Å². The number of nitrogens with one attached hydrogen (secondary N) is 1. The van der Waals surface area contributed by atoms with Crippen molar-refractivity contribution in [1.29, 1.82) is 0 Å². The Morgan fingerprint density at radius 1 is 1.07 bits per heavy atom. The Morgan fingerprint density at radius 2 is 1.75 bits per heavy atom. The second-order valence-electron chi connectivity index (χ2n) is 5.92. The molecular formula is C15H20N2O7S4. The van der Waals surface area contributed by atoms with Crippen LogP contribution in [0.15, 0.2) is 44.3 Å². The summed E-state index contributed by atoms with van der Waals surface area (Å²) in [6.07, 6.45) is 0.834. The van der Waals surface area contributed by atoms with Gasteiger partial charge in [0.25, 0.3) is 10.1 Å². The second-order valence-corrected chi connectivity index (χ2v) is 12.0. The molecule has 4 N–H and O–H groups in total. The van der Waals surface area contributed by atoms with Gasteiger partial charge in [0.1, 0.15) is 9.79 Å². The quantitative estimate of drug-likeness (QED) is 0.470. The Labute approximate surface area is 168 Å². The van der Waals surface area contributed by atoms with Gasteiger partial charge in [0.2, 0.25) is 10.0 Å². The number of unbranched alkanes of at least 4 members (excludes halogenated alkanes) is 1. The van der Waals surface area contributed by atoms with E-state index in [2.05, 4.69) is 5.32 Å². The summed E-state index contributed by atoms with van der Waals surface area (Å²) in [7, 11) is -13.5. The molecule has 0 saturated heterocycles. The highest BCUT2D eigenvalue weighted by molar-refractivity contribution is 7.93. The zero-order valence-corrected chi connectivity index (χ0v) is 18.1. The Balaban J connectivity index is 2.70. The van der Waals surface area contributed by atoms with Crippen LogP contribution in [0.5, 0.6) is 0 Å². The third-order valence-corrected chi connectivity index (χ3v) is 8.45. The molecule has 0 aliphatic heterocycles. The highest BCUT2D eigenvalue weighted by Crippen LogP contribution is 2.32. The van der Waals surface area contributed by atoms with Gasteiger partial charge < -0.3 is 5.32 Å². The van der Waals surface area contributed by atoms with Crippen molar-refractivity contribution in [1.82, 2.24) is 0 Å². The molecule has 0 bridgehead atoms. The van der Waals surface area contributed by atoms with Crippen molar-refractivity contribution in [3.63, 3.8) is 0 Å². The fourth-order valence-corrected chi connectivity index (χ4v) is 6.70. The van der Waals surface area contributed by atoms with Gasteiger partial charge in [-0.25, -0.2) is 22.0 Å². The minimum atomic E-state index is -4.86. The lowest BCUT2D eigenvalue weighted by molar-refractivity contribution is 0.483. The molecule has 1 aromatic heterocycles. The number of sulfone groups is 1. The van der Waals surface area contributed by atoms with Crippen molar-refractivity contribution in [3.05, 3.63) is 34.5 Å². The van der Waals surface area contributed by atoms with Gasteiger partial charge in [-0.15, -0.1) is 11.3 Å². The maximum Gasteiger partial charge on any atom is 0.296 e. The molecule has 0 spiro atoms. The monoisotopic (exact) mass is 468 g/mol. The van der Waals surface area contributed by atoms with Crippen LogP contribution in [-0.2, 0) is 36.5 Å². The summed E-state index contributed by atoms with van der Waals surface area (Å²) >= 11 is 1.38. The number of hydrogen-bond acceptors (Lipinski definition) is 8. The topological polar surface area (TPSA) is 161 Å². The maximum absolute atomic E-state index is 12.6. The van der Waals surface area contributed by atoms with Gasteiger partial charge in [-0.05, 0) is 30.0 Å². The Kier molecular flexibility index (Phi) is 6.89. The largest absolute Gasteiger partial charge is 0.379 e. The maximum atomic E-state index is 12.6. The molecule has 0 aliphatic rings. The number of benzene rings is 1. The van der Waals surface area contributed by atoms with Crippen molar-refractivity contribution in [2.24, 2.45) is 5.14 Å². The van der Waals surface area contributed by atoms with E-state index in [1.54, 1.807) is 24.4 Å². The molecular weight excluding hydrogens is 448 g/mol. The van der Waals surface area contributed by atoms with Crippen molar-refractivity contribution >= 4 is 47.0 Å². The van der Waals surface area contributed by atoms with Gasteiger partial charge in [-0.2, -0.15) is 8.42 Å². The molecule has 0 amide bonds. The van der Waals surface area contributed by atoms with Gasteiger partial charge >= 0.3 is 0 Å². The Bertz CT molecular complexity index is 1150. The van der Waals surface area contributed by atoms with E-state index in [0.29, 0.717) is 12.5 Å². The second kappa shape index (κ2) is 8.47. The molecule has 156 valence electrons. The Hall–Kier alpha value is -1.51. The molecule has 0 unspecified atom stereocenters. The first kappa shape index (κ1) is 22.8. The van der Waals surface area contributed by atoms with E-state index in [1.807, 2.05) is 0 Å². The zero-order chi connectivity index (χ0) is 21.2. The number of nitrogens with two attached hydrogens (primary N) is 1. The average Bonchev–Trinajstić information content (AvgIpc) is 3.09. The predicted octanol–water partition coefficient (Wildman–Crippen LogP) is 1.83. The van der Waals surface area contributed by atoms with Crippen LogP contribution in [0.25, 0.3) is 0 Å². The molecule has 28 heavy (non-hydrogen) atoms. The SMILES string of the molecule is CCCCS(=O)(=O)c1cc(NCc2cccs2)c(S(=O)(=O)O)cc1S(N)(=O)=O. The minimum Gasteiger partial charge on any atom is -0.379 e. The summed E-state index contributed by atoms with van der Waals surface area (Å²) in [5.41, 5.74) is -0.238. The molecule has 1 aromatic carbocycles. The van der Waals surface area contributed by atoms with Crippen LogP contribution >= 0.6 is 11.3 Å². The zero-order valence-electron chi connectivity index (χ0n) is 14.8. The van der Waals surface area contributed by atoms with Crippen molar-refractivity contribution < 1.29 is 29.8 Å². The molecule has 13 heteroatoms. The first-order chi connectivity index (χ1) is 12.9. The van der Waals surface area contributed by atoms with Crippen LogP contribution in [0.4, 0.5) is 5.69 Å². The molecule has 0 atom stereocenters. The highest BCUT2D eigenvalue weighted by Gasteiger charge is 2.29. The molecule has 0 fully saturated rings. The summed E-state index contributed by atoms with van der Waals surface area (Å²) in [6.45, 7) is 1.91. The average molecular weight is 469 g/mol. The molecule has 9 nitrogen and oxygen atoms in total. The summed E-state index contributed by atoms with van der Waals surface area (Å²) < 4.78 is 82.2. The van der Waals surface area contributed by atoms with Gasteiger partial charge in [0, 0.05) is 11.4 Å². The van der Waals surface area contributed by atoms with Crippen LogP contribution in [0, 0.1) is 0 Å². The molecule has 0 saturated carbocycles. The van der Waals surface area contributed by atoms with Crippen LogP contribution in [0.1, 0.15) is 24.6 Å². The van der Waals surface area contributed by atoms with Gasteiger partial charge in [0.05, 0.1) is 16.3 Å². The lowest BCUT2D eigenvalue weighted by Gasteiger charge is -2.15. The van der Waals surface area contributed by atoms with E-state index >= 15 is 0 Å². The number of anilines is 1. The number of sulfonamides is 1. The van der Waals surface area contributed by atoms with E-state index in [1.165, 1.54) is 11.3 Å². The first-order valence-corrected chi connectivity index (χ1v) is 13.6. The highest BCUT2D eigenvalue weighted by atomic mass is 32.2. The smallest absolute Gasteiger partial charge is 0.296 e. The van der Waals surface area contributed by atoms with Crippen molar-refractivity contribution in [2.75, 3.05) is 11.1 Å². The fourth-order valence-electron chi connectivity index (χ4n) is 2.40. The predicted molar refractivity (Wildman–Crippen MR) is 106 cm³/mol. The summed E-state index contributed by atoms with van der Waals surface area (Å²) in [6, 6.07) is 5.00. The van der Waals surface area contributed by atoms with Gasteiger partial charge in [0.15, 0.2) is 9.84 Å². The number of thiophene rings is 1.